The van der Waals surface area contributed by atoms with E-state index in [9.17, 15) is 14.7 Å². The van der Waals surface area contributed by atoms with Gasteiger partial charge in [0, 0.05) is 17.6 Å². The average Bonchev–Trinajstić information content (AvgIpc) is 2.59. The van der Waals surface area contributed by atoms with Crippen LogP contribution in [0, 0.1) is 6.92 Å². The minimum Gasteiger partial charge on any atom is -0.506 e. The van der Waals surface area contributed by atoms with E-state index in [4.69, 9.17) is 0 Å². The second-order valence-electron chi connectivity index (χ2n) is 5.77. The van der Waals surface area contributed by atoms with Crippen LogP contribution in [0.5, 0.6) is 5.75 Å². The third-order valence-corrected chi connectivity index (χ3v) is 3.96. The first kappa shape index (κ1) is 16.5. The number of rotatable bonds is 4. The molecule has 25 heavy (non-hydrogen) atoms. The molecule has 5 nitrogen and oxygen atoms in total. The largest absolute Gasteiger partial charge is 0.506 e. The average molecular weight is 334 g/mol. The molecule has 0 spiro atoms. The molecule has 5 heteroatoms. The topological polar surface area (TPSA) is 71.3 Å². The number of aromatic hydroxyl groups is 1. The number of aryl methyl sites for hydroxylation is 1. The van der Waals surface area contributed by atoms with Crippen molar-refractivity contribution in [3.8, 4) is 5.75 Å². The van der Waals surface area contributed by atoms with Gasteiger partial charge in [0.2, 0.25) is 0 Å². The monoisotopic (exact) mass is 334 g/mol. The Morgan fingerprint density at radius 1 is 1.24 bits per heavy atom. The van der Waals surface area contributed by atoms with E-state index in [1.54, 1.807) is 48.5 Å². The minimum absolute atomic E-state index is 0.240. The second kappa shape index (κ2) is 6.65. The Kier molecular flexibility index (Phi) is 4.39. The number of fused-ring (bicyclic) bond motifs is 1. The molecule has 0 radical (unpaired) electrons. The summed E-state index contributed by atoms with van der Waals surface area (Å²) in [6, 6.07) is 14.1. The van der Waals surface area contributed by atoms with Gasteiger partial charge >= 0.3 is 0 Å². The van der Waals surface area contributed by atoms with Crippen molar-refractivity contribution >= 4 is 22.5 Å². The Balaban J connectivity index is 2.16. The van der Waals surface area contributed by atoms with Crippen LogP contribution in [0.15, 0.2) is 66.0 Å². The number of allylic oxidation sites excluding steroid dienone is 1. The number of para-hydroxylation sites is 1. The van der Waals surface area contributed by atoms with Gasteiger partial charge in [0.25, 0.3) is 11.5 Å². The summed E-state index contributed by atoms with van der Waals surface area (Å²) in [4.78, 5) is 25.4. The third-order valence-electron chi connectivity index (χ3n) is 3.96. The Morgan fingerprint density at radius 3 is 2.72 bits per heavy atom. The van der Waals surface area contributed by atoms with Crippen molar-refractivity contribution < 1.29 is 9.90 Å². The standard InChI is InChI=1S/C20H18N2O3/c1-3-11-22-16-10-5-4-9-15(16)18(23)17(20(22)25)19(24)21-14-8-6-7-13(2)12-14/h3-10,12,23H,1,11H2,2H3,(H,21,24). The van der Waals surface area contributed by atoms with Gasteiger partial charge < -0.3 is 15.0 Å². The molecule has 0 fully saturated rings. The quantitative estimate of drug-likeness (QED) is 0.718. The van der Waals surface area contributed by atoms with Crippen LogP contribution in [0.4, 0.5) is 5.69 Å². The van der Waals surface area contributed by atoms with E-state index >= 15 is 0 Å². The summed E-state index contributed by atoms with van der Waals surface area (Å²) in [6.07, 6.45) is 1.58. The molecule has 126 valence electrons. The fourth-order valence-corrected chi connectivity index (χ4v) is 2.82. The van der Waals surface area contributed by atoms with Gasteiger partial charge in [-0.2, -0.15) is 0 Å². The molecular weight excluding hydrogens is 316 g/mol. The van der Waals surface area contributed by atoms with E-state index in [1.165, 1.54) is 4.57 Å². The lowest BCUT2D eigenvalue weighted by Gasteiger charge is -2.14. The summed E-state index contributed by atoms with van der Waals surface area (Å²) >= 11 is 0. The summed E-state index contributed by atoms with van der Waals surface area (Å²) < 4.78 is 1.42. The van der Waals surface area contributed by atoms with Crippen molar-refractivity contribution in [1.29, 1.82) is 0 Å². The van der Waals surface area contributed by atoms with E-state index in [-0.39, 0.29) is 17.9 Å². The number of anilines is 1. The summed E-state index contributed by atoms with van der Waals surface area (Å²) in [5.74, 6) is -0.956. The molecule has 0 unspecified atom stereocenters. The molecule has 2 aromatic carbocycles. The van der Waals surface area contributed by atoms with Crippen molar-refractivity contribution in [3.05, 3.63) is 82.7 Å². The van der Waals surface area contributed by atoms with Crippen molar-refractivity contribution in [2.75, 3.05) is 5.32 Å². The van der Waals surface area contributed by atoms with Crippen molar-refractivity contribution in [1.82, 2.24) is 4.57 Å². The summed E-state index contributed by atoms with van der Waals surface area (Å²) in [5, 5.41) is 13.6. The molecule has 0 aliphatic rings. The van der Waals surface area contributed by atoms with Crippen LogP contribution in [0.25, 0.3) is 10.9 Å². The molecule has 3 aromatic rings. The highest BCUT2D eigenvalue weighted by atomic mass is 16.3. The number of pyridine rings is 1. The lowest BCUT2D eigenvalue weighted by molar-refractivity contribution is 0.102. The predicted molar refractivity (Wildman–Crippen MR) is 99.2 cm³/mol. The van der Waals surface area contributed by atoms with Crippen molar-refractivity contribution in [2.24, 2.45) is 0 Å². The van der Waals surface area contributed by atoms with E-state index < -0.39 is 11.5 Å². The Morgan fingerprint density at radius 2 is 2.00 bits per heavy atom. The second-order valence-corrected chi connectivity index (χ2v) is 5.77. The third kappa shape index (κ3) is 3.04. The maximum atomic E-state index is 12.8. The number of hydrogen-bond donors (Lipinski definition) is 2. The highest BCUT2D eigenvalue weighted by Crippen LogP contribution is 2.27. The highest BCUT2D eigenvalue weighted by Gasteiger charge is 2.21. The number of aromatic nitrogens is 1. The maximum absolute atomic E-state index is 12.8. The molecule has 1 amide bonds. The van der Waals surface area contributed by atoms with Crippen molar-refractivity contribution in [3.63, 3.8) is 0 Å². The number of nitrogens with zero attached hydrogens (tertiary/aromatic N) is 1. The molecule has 0 atom stereocenters. The Bertz CT molecular complexity index is 1030. The van der Waals surface area contributed by atoms with Gasteiger partial charge in [-0.25, -0.2) is 0 Å². The van der Waals surface area contributed by atoms with Crippen LogP contribution >= 0.6 is 0 Å². The zero-order valence-electron chi connectivity index (χ0n) is 13.8. The van der Waals surface area contributed by atoms with E-state index in [2.05, 4.69) is 11.9 Å². The number of nitrogens with one attached hydrogen (secondary N) is 1. The molecule has 2 N–H and O–H groups in total. The summed E-state index contributed by atoms with van der Waals surface area (Å²) in [7, 11) is 0. The first-order valence-electron chi connectivity index (χ1n) is 7.86. The van der Waals surface area contributed by atoms with Crippen LogP contribution in [0.2, 0.25) is 0 Å². The van der Waals surface area contributed by atoms with E-state index in [0.29, 0.717) is 16.6 Å². The van der Waals surface area contributed by atoms with Gasteiger partial charge in [-0.3, -0.25) is 9.59 Å². The SMILES string of the molecule is C=CCn1c(=O)c(C(=O)Nc2cccc(C)c2)c(O)c2ccccc21. The van der Waals surface area contributed by atoms with Crippen LogP contribution in [0.3, 0.4) is 0 Å². The Labute approximate surface area is 144 Å². The van der Waals surface area contributed by atoms with Gasteiger partial charge in [0.05, 0.1) is 5.52 Å². The zero-order chi connectivity index (χ0) is 18.0. The lowest BCUT2D eigenvalue weighted by Crippen LogP contribution is -2.29. The van der Waals surface area contributed by atoms with Gasteiger partial charge in [0.1, 0.15) is 11.3 Å². The molecular formula is C20H18N2O3. The number of benzene rings is 2. The fraction of sp³-hybridized carbons (Fsp3) is 0.100. The van der Waals surface area contributed by atoms with Crippen LogP contribution in [0.1, 0.15) is 15.9 Å². The van der Waals surface area contributed by atoms with E-state index in [1.807, 2.05) is 13.0 Å². The Hall–Kier alpha value is -3.34. The molecule has 0 saturated heterocycles. The number of hydrogen-bond acceptors (Lipinski definition) is 3. The molecule has 1 heterocycles. The number of carbonyl (C=O) groups is 1. The summed E-state index contributed by atoms with van der Waals surface area (Å²) in [5.41, 5.74) is 1.26. The van der Waals surface area contributed by atoms with Crippen LogP contribution < -0.4 is 10.9 Å². The molecule has 0 aliphatic carbocycles. The fourth-order valence-electron chi connectivity index (χ4n) is 2.82. The molecule has 3 rings (SSSR count). The van der Waals surface area contributed by atoms with Gasteiger partial charge in [-0.15, -0.1) is 6.58 Å². The molecule has 1 aromatic heterocycles. The summed E-state index contributed by atoms with van der Waals surface area (Å²) in [6.45, 7) is 5.80. The van der Waals surface area contributed by atoms with Crippen LogP contribution in [-0.2, 0) is 6.54 Å². The number of amides is 1. The zero-order valence-corrected chi connectivity index (χ0v) is 13.8. The maximum Gasteiger partial charge on any atom is 0.268 e. The minimum atomic E-state index is -0.642. The van der Waals surface area contributed by atoms with Gasteiger partial charge in [-0.1, -0.05) is 30.3 Å². The highest BCUT2D eigenvalue weighted by molar-refractivity contribution is 6.09. The normalized spacial score (nSPS) is 10.6. The molecule has 0 aliphatic heterocycles. The van der Waals surface area contributed by atoms with Crippen LogP contribution in [-0.4, -0.2) is 15.6 Å². The van der Waals surface area contributed by atoms with Gasteiger partial charge in [-0.05, 0) is 36.8 Å². The molecule has 0 saturated carbocycles. The first-order valence-corrected chi connectivity index (χ1v) is 7.86. The lowest BCUT2D eigenvalue weighted by atomic mass is 10.1. The van der Waals surface area contributed by atoms with Gasteiger partial charge in [0.15, 0.2) is 0 Å². The number of carbonyl (C=O) groups excluding carboxylic acids is 1. The van der Waals surface area contributed by atoms with E-state index in [0.717, 1.165) is 5.56 Å². The smallest absolute Gasteiger partial charge is 0.268 e. The van der Waals surface area contributed by atoms with Crippen molar-refractivity contribution in [2.45, 2.75) is 13.5 Å². The predicted octanol–water partition coefficient (Wildman–Crippen LogP) is 3.45. The molecule has 0 bridgehead atoms. The first-order chi connectivity index (χ1) is 12.0.